The number of anilines is 1. The molecule has 0 atom stereocenters. The van der Waals surface area contributed by atoms with Crippen LogP contribution in [-0.4, -0.2) is 4.98 Å². The topological polar surface area (TPSA) is 24.9 Å². The van der Waals surface area contributed by atoms with Gasteiger partial charge in [0.2, 0.25) is 0 Å². The summed E-state index contributed by atoms with van der Waals surface area (Å²) < 4.78 is 14.3. The number of benzene rings is 1. The van der Waals surface area contributed by atoms with Crippen molar-refractivity contribution in [3.63, 3.8) is 0 Å². The smallest absolute Gasteiger partial charge is 0.146 e. The molecule has 0 aliphatic carbocycles. The first-order valence-electron chi connectivity index (χ1n) is 4.94. The molecule has 0 spiro atoms. The highest BCUT2D eigenvalue weighted by Crippen LogP contribution is 2.21. The molecule has 0 radical (unpaired) electrons. The summed E-state index contributed by atoms with van der Waals surface area (Å²) >= 11 is 9.25. The summed E-state index contributed by atoms with van der Waals surface area (Å²) in [5.74, 6) is -0.293. The van der Waals surface area contributed by atoms with Crippen molar-refractivity contribution in [3.05, 3.63) is 57.5 Å². The quantitative estimate of drug-likeness (QED) is 0.916. The highest BCUT2D eigenvalue weighted by molar-refractivity contribution is 9.10. The first kappa shape index (κ1) is 12.3. The number of hydrogen-bond donors (Lipinski definition) is 1. The first-order chi connectivity index (χ1) is 8.16. The Balaban J connectivity index is 2.12. The van der Waals surface area contributed by atoms with Crippen molar-refractivity contribution < 1.29 is 4.39 Å². The summed E-state index contributed by atoms with van der Waals surface area (Å²) in [4.78, 5) is 3.89. The van der Waals surface area contributed by atoms with Crippen LogP contribution >= 0.6 is 27.5 Å². The van der Waals surface area contributed by atoms with Gasteiger partial charge in [-0.15, -0.1) is 0 Å². The zero-order valence-corrected chi connectivity index (χ0v) is 11.1. The van der Waals surface area contributed by atoms with Gasteiger partial charge in [0.05, 0.1) is 10.7 Å². The summed E-state index contributed by atoms with van der Waals surface area (Å²) in [6.45, 7) is 0.453. The van der Waals surface area contributed by atoms with Gasteiger partial charge in [0, 0.05) is 23.4 Å². The van der Waals surface area contributed by atoms with Gasteiger partial charge in [-0.1, -0.05) is 27.5 Å². The highest BCUT2D eigenvalue weighted by Gasteiger charge is 2.04. The maximum atomic E-state index is 13.4. The number of halogens is 3. The minimum atomic E-state index is -0.293. The monoisotopic (exact) mass is 314 g/mol. The molecule has 0 aliphatic rings. The summed E-state index contributed by atoms with van der Waals surface area (Å²) in [6.07, 6.45) is 3.22. The van der Waals surface area contributed by atoms with Crippen molar-refractivity contribution in [3.8, 4) is 0 Å². The van der Waals surface area contributed by atoms with Crippen LogP contribution in [0.2, 0.25) is 5.02 Å². The van der Waals surface area contributed by atoms with Crippen molar-refractivity contribution in [2.75, 3.05) is 5.32 Å². The van der Waals surface area contributed by atoms with E-state index in [1.54, 1.807) is 30.6 Å². The van der Waals surface area contributed by atoms with E-state index in [0.717, 1.165) is 10.0 Å². The molecule has 0 amide bonds. The lowest BCUT2D eigenvalue weighted by Gasteiger charge is -2.09. The normalized spacial score (nSPS) is 10.3. The van der Waals surface area contributed by atoms with Crippen LogP contribution in [-0.2, 0) is 6.54 Å². The van der Waals surface area contributed by atoms with Crippen LogP contribution in [0.3, 0.4) is 0 Å². The van der Waals surface area contributed by atoms with E-state index in [2.05, 4.69) is 26.2 Å². The molecule has 88 valence electrons. The Morgan fingerprint density at radius 2 is 2.18 bits per heavy atom. The van der Waals surface area contributed by atoms with Crippen LogP contribution in [0.25, 0.3) is 0 Å². The molecule has 2 rings (SSSR count). The van der Waals surface area contributed by atoms with Crippen molar-refractivity contribution in [2.45, 2.75) is 6.54 Å². The number of pyridine rings is 1. The van der Waals surface area contributed by atoms with Crippen LogP contribution in [0.1, 0.15) is 5.56 Å². The zero-order chi connectivity index (χ0) is 12.3. The fourth-order valence-corrected chi connectivity index (χ4v) is 1.92. The standard InChI is InChI=1S/C12H9BrClFN2/c13-9-1-2-11(15)12(5-9)17-6-8-3-4-16-7-10(8)14/h1-5,7,17H,6H2. The second-order valence-electron chi connectivity index (χ2n) is 3.44. The van der Waals surface area contributed by atoms with Crippen molar-refractivity contribution in [1.29, 1.82) is 0 Å². The fourth-order valence-electron chi connectivity index (χ4n) is 1.37. The molecule has 1 aromatic heterocycles. The molecule has 1 heterocycles. The highest BCUT2D eigenvalue weighted by atomic mass is 79.9. The van der Waals surface area contributed by atoms with E-state index >= 15 is 0 Å². The third-order valence-electron chi connectivity index (χ3n) is 2.25. The van der Waals surface area contributed by atoms with Crippen LogP contribution in [0.15, 0.2) is 41.1 Å². The van der Waals surface area contributed by atoms with E-state index in [9.17, 15) is 4.39 Å². The van der Waals surface area contributed by atoms with Crippen LogP contribution < -0.4 is 5.32 Å². The van der Waals surface area contributed by atoms with Crippen molar-refractivity contribution in [2.24, 2.45) is 0 Å². The maximum Gasteiger partial charge on any atom is 0.146 e. The molecule has 2 nitrogen and oxygen atoms in total. The van der Waals surface area contributed by atoms with E-state index in [4.69, 9.17) is 11.6 Å². The SMILES string of the molecule is Fc1ccc(Br)cc1NCc1ccncc1Cl. The van der Waals surface area contributed by atoms with Gasteiger partial charge >= 0.3 is 0 Å². The molecular formula is C12H9BrClFN2. The molecule has 2 aromatic rings. The van der Waals surface area contributed by atoms with Crippen molar-refractivity contribution >= 4 is 33.2 Å². The molecule has 1 aromatic carbocycles. The summed E-state index contributed by atoms with van der Waals surface area (Å²) in [6, 6.07) is 6.54. The summed E-state index contributed by atoms with van der Waals surface area (Å²) in [5.41, 5.74) is 1.31. The van der Waals surface area contributed by atoms with Gasteiger partial charge in [0.1, 0.15) is 5.82 Å². The van der Waals surface area contributed by atoms with Gasteiger partial charge in [-0.05, 0) is 29.8 Å². The van der Waals surface area contributed by atoms with Crippen LogP contribution in [0.5, 0.6) is 0 Å². The van der Waals surface area contributed by atoms with Crippen LogP contribution in [0.4, 0.5) is 10.1 Å². The maximum absolute atomic E-state index is 13.4. The zero-order valence-electron chi connectivity index (χ0n) is 8.75. The lowest BCUT2D eigenvalue weighted by atomic mass is 10.2. The molecule has 17 heavy (non-hydrogen) atoms. The Morgan fingerprint density at radius 1 is 1.35 bits per heavy atom. The number of aromatic nitrogens is 1. The number of rotatable bonds is 3. The third kappa shape index (κ3) is 3.17. The Bertz CT molecular complexity index is 534. The second kappa shape index (κ2) is 5.47. The van der Waals surface area contributed by atoms with E-state index in [-0.39, 0.29) is 5.82 Å². The van der Waals surface area contributed by atoms with E-state index < -0.39 is 0 Å². The second-order valence-corrected chi connectivity index (χ2v) is 4.77. The number of nitrogens with zero attached hydrogens (tertiary/aromatic N) is 1. The van der Waals surface area contributed by atoms with E-state index in [0.29, 0.717) is 17.3 Å². The predicted molar refractivity (Wildman–Crippen MR) is 70.7 cm³/mol. The lowest BCUT2D eigenvalue weighted by molar-refractivity contribution is 0.630. The molecule has 0 bridgehead atoms. The van der Waals surface area contributed by atoms with Gasteiger partial charge < -0.3 is 5.32 Å². The number of hydrogen-bond acceptors (Lipinski definition) is 2. The van der Waals surface area contributed by atoms with Gasteiger partial charge in [-0.2, -0.15) is 0 Å². The minimum absolute atomic E-state index is 0.293. The lowest BCUT2D eigenvalue weighted by Crippen LogP contribution is -2.02. The molecule has 0 unspecified atom stereocenters. The molecule has 0 saturated carbocycles. The Kier molecular flexibility index (Phi) is 3.97. The summed E-state index contributed by atoms with van der Waals surface area (Å²) in [7, 11) is 0. The summed E-state index contributed by atoms with van der Waals surface area (Å²) in [5, 5.41) is 3.56. The van der Waals surface area contributed by atoms with Gasteiger partial charge in [-0.25, -0.2) is 4.39 Å². The molecule has 0 fully saturated rings. The molecule has 0 saturated heterocycles. The van der Waals surface area contributed by atoms with Gasteiger partial charge in [-0.3, -0.25) is 4.98 Å². The minimum Gasteiger partial charge on any atom is -0.379 e. The average Bonchev–Trinajstić information content (AvgIpc) is 2.32. The number of nitrogens with one attached hydrogen (secondary N) is 1. The third-order valence-corrected chi connectivity index (χ3v) is 3.09. The van der Waals surface area contributed by atoms with Gasteiger partial charge in [0.15, 0.2) is 0 Å². The molecule has 5 heteroatoms. The fraction of sp³-hybridized carbons (Fsp3) is 0.0833. The van der Waals surface area contributed by atoms with Gasteiger partial charge in [0.25, 0.3) is 0 Å². The Morgan fingerprint density at radius 3 is 2.94 bits per heavy atom. The average molecular weight is 316 g/mol. The van der Waals surface area contributed by atoms with E-state index in [1.807, 2.05) is 0 Å². The molecule has 0 aliphatic heterocycles. The largest absolute Gasteiger partial charge is 0.379 e. The Hall–Kier alpha value is -1.13. The molecule has 1 N–H and O–H groups in total. The Labute approximate surface area is 112 Å². The van der Waals surface area contributed by atoms with Crippen molar-refractivity contribution in [1.82, 2.24) is 4.98 Å². The molecular weight excluding hydrogens is 307 g/mol. The van der Waals surface area contributed by atoms with Crippen LogP contribution in [0, 0.1) is 5.82 Å². The predicted octanol–water partition coefficient (Wildman–Crippen LogP) is 4.25. The van der Waals surface area contributed by atoms with E-state index in [1.165, 1.54) is 6.07 Å². The first-order valence-corrected chi connectivity index (χ1v) is 6.11.